The summed E-state index contributed by atoms with van der Waals surface area (Å²) in [5.74, 6) is -1.58. The summed E-state index contributed by atoms with van der Waals surface area (Å²) >= 11 is 0. The lowest BCUT2D eigenvalue weighted by molar-refractivity contribution is -0.536. The third-order valence-corrected chi connectivity index (χ3v) is 6.69. The Kier molecular flexibility index (Phi) is 4.69. The number of hydrogen-bond donors (Lipinski definition) is 2. The van der Waals surface area contributed by atoms with Crippen LogP contribution in [0.2, 0.25) is 0 Å². The van der Waals surface area contributed by atoms with E-state index < -0.39 is 29.6 Å². The maximum Gasteiger partial charge on any atom is 0.271 e. The molecule has 4 aromatic rings. The predicted octanol–water partition coefficient (Wildman–Crippen LogP) is 2.73. The fourth-order valence-electron chi connectivity index (χ4n) is 5.12. The van der Waals surface area contributed by atoms with Crippen molar-refractivity contribution < 1.29 is 10.2 Å². The van der Waals surface area contributed by atoms with E-state index in [4.69, 9.17) is 0 Å². The molecule has 2 atom stereocenters. The van der Waals surface area contributed by atoms with E-state index in [1.54, 1.807) is 0 Å². The number of rotatable bonds is 3. The van der Waals surface area contributed by atoms with Gasteiger partial charge in [0.2, 0.25) is 0 Å². The highest BCUT2D eigenvalue weighted by molar-refractivity contribution is 5.85. The molecular weight excluding hydrogens is 402 g/mol. The Morgan fingerprint density at radius 1 is 0.875 bits per heavy atom. The molecule has 1 aliphatic carbocycles. The molecule has 2 aromatic carbocycles. The molecule has 6 heteroatoms. The molecule has 0 amide bonds. The minimum atomic E-state index is -1.19. The molecule has 0 spiro atoms. The lowest BCUT2D eigenvalue weighted by atomic mass is 9.62. The van der Waals surface area contributed by atoms with Crippen molar-refractivity contribution in [3.8, 4) is 11.3 Å². The highest BCUT2D eigenvalue weighted by Crippen LogP contribution is 2.49. The largest absolute Gasteiger partial charge is 0.851 e. The molecule has 2 aromatic heterocycles. The number of nitrogens with zero attached hydrogens (tertiary/aromatic N) is 1. The predicted molar refractivity (Wildman–Crippen MR) is 122 cm³/mol. The van der Waals surface area contributed by atoms with Crippen LogP contribution in [-0.4, -0.2) is 27.0 Å². The monoisotopic (exact) mass is 429 g/mol. The van der Waals surface area contributed by atoms with Gasteiger partial charge in [-0.2, -0.15) is 0 Å². The molecule has 166 valence electrons. The summed E-state index contributed by atoms with van der Waals surface area (Å²) < 4.78 is 1.54. The molecule has 2 N–H and O–H groups in total. The third kappa shape index (κ3) is 2.98. The Hall–Kier alpha value is -3.09. The molecule has 0 bridgehead atoms. The Morgan fingerprint density at radius 3 is 2.12 bits per heavy atom. The van der Waals surface area contributed by atoms with Gasteiger partial charge in [0.05, 0.1) is 11.2 Å². The topological polar surface area (TPSA) is 99.7 Å². The van der Waals surface area contributed by atoms with Gasteiger partial charge in [0, 0.05) is 22.2 Å². The molecular formula is C26H27N3O3-2. The lowest BCUT2D eigenvalue weighted by Gasteiger charge is -2.61. The number of aryl methyl sites for hydroxylation is 1. The first-order valence-electron chi connectivity index (χ1n) is 11.0. The maximum atomic E-state index is 13.6. The highest BCUT2D eigenvalue weighted by atomic mass is 16.3. The second-order valence-corrected chi connectivity index (χ2v) is 9.77. The van der Waals surface area contributed by atoms with Crippen molar-refractivity contribution in [3.05, 3.63) is 81.8 Å². The molecule has 2 heterocycles. The Morgan fingerprint density at radius 2 is 1.47 bits per heavy atom. The van der Waals surface area contributed by atoms with Crippen molar-refractivity contribution in [2.75, 3.05) is 0 Å². The van der Waals surface area contributed by atoms with Gasteiger partial charge in [0.15, 0.2) is 0 Å². The molecule has 0 aliphatic heterocycles. The van der Waals surface area contributed by atoms with Crippen LogP contribution >= 0.6 is 0 Å². The van der Waals surface area contributed by atoms with E-state index in [1.165, 1.54) is 4.68 Å². The Bertz CT molecular complexity index is 1330. The van der Waals surface area contributed by atoms with Gasteiger partial charge >= 0.3 is 0 Å². The average molecular weight is 430 g/mol. The van der Waals surface area contributed by atoms with Crippen LogP contribution in [0.3, 0.4) is 0 Å². The first-order valence-corrected chi connectivity index (χ1v) is 11.0. The summed E-state index contributed by atoms with van der Waals surface area (Å²) in [7, 11) is 0. The number of hydrogen-bond acceptors (Lipinski definition) is 3. The van der Waals surface area contributed by atoms with Crippen LogP contribution < -0.4 is 15.8 Å². The number of aromatic amines is 2. The normalized spacial score (nSPS) is 23.4. The maximum absolute atomic E-state index is 13.6. The van der Waals surface area contributed by atoms with Crippen molar-refractivity contribution in [1.82, 2.24) is 14.8 Å². The second-order valence-electron chi connectivity index (χ2n) is 9.77. The van der Waals surface area contributed by atoms with Gasteiger partial charge in [-0.3, -0.25) is 9.89 Å². The van der Waals surface area contributed by atoms with Crippen LogP contribution in [0, 0.1) is 6.92 Å². The standard InChI is InChI=1S/C26H27N3O3/c1-14-18(16-12-8-9-13-17(16)27-14)20-23(30)21(24(20)31)19-22(15-10-6-5-7-11-15)28-29(25(19)32)26(2,3)4/h5-13,20-21,23-24,27-28H,1-4H3/q-2. The lowest BCUT2D eigenvalue weighted by Crippen LogP contribution is -2.64. The average Bonchev–Trinajstić information content (AvgIpc) is 3.26. The number of nitrogens with one attached hydrogen (secondary N) is 2. The SMILES string of the molecule is Cc1[nH]c2ccccc2c1C1C([O-])C(c2c(-c3ccccc3)[nH]n(C(C)(C)C)c2=O)C1[O-]. The molecule has 0 radical (unpaired) electrons. The molecule has 6 nitrogen and oxygen atoms in total. The third-order valence-electron chi connectivity index (χ3n) is 6.69. The van der Waals surface area contributed by atoms with Crippen LogP contribution in [0.1, 0.15) is 49.4 Å². The fraction of sp³-hybridized carbons (Fsp3) is 0.346. The minimum absolute atomic E-state index is 0.280. The summed E-state index contributed by atoms with van der Waals surface area (Å²) in [6.07, 6.45) is -2.37. The summed E-state index contributed by atoms with van der Waals surface area (Å²) in [5, 5.41) is 31.3. The van der Waals surface area contributed by atoms with Gasteiger partial charge in [-0.1, -0.05) is 48.5 Å². The number of benzene rings is 2. The molecule has 0 saturated heterocycles. The van der Waals surface area contributed by atoms with Crippen LogP contribution in [0.25, 0.3) is 22.2 Å². The molecule has 32 heavy (non-hydrogen) atoms. The quantitative estimate of drug-likeness (QED) is 0.524. The fourth-order valence-corrected chi connectivity index (χ4v) is 5.12. The van der Waals surface area contributed by atoms with Crippen molar-refractivity contribution in [1.29, 1.82) is 0 Å². The van der Waals surface area contributed by atoms with Gasteiger partial charge in [-0.05, 0) is 56.7 Å². The van der Waals surface area contributed by atoms with Gasteiger partial charge in [-0.25, -0.2) is 4.68 Å². The second kappa shape index (κ2) is 7.22. The molecule has 1 fully saturated rings. The first kappa shape index (κ1) is 20.8. The number of H-pyrrole nitrogens is 2. The van der Waals surface area contributed by atoms with Crippen molar-refractivity contribution >= 4 is 10.9 Å². The molecule has 2 unspecified atom stereocenters. The Labute approximate surface area is 186 Å². The smallest absolute Gasteiger partial charge is 0.271 e. The van der Waals surface area contributed by atoms with Crippen molar-refractivity contribution in [3.63, 3.8) is 0 Å². The number of fused-ring (bicyclic) bond motifs is 1. The van der Waals surface area contributed by atoms with E-state index in [-0.39, 0.29) is 5.56 Å². The van der Waals surface area contributed by atoms with Gasteiger partial charge in [0.25, 0.3) is 5.56 Å². The van der Waals surface area contributed by atoms with E-state index >= 15 is 0 Å². The zero-order chi connectivity index (χ0) is 22.8. The zero-order valence-electron chi connectivity index (χ0n) is 18.7. The van der Waals surface area contributed by atoms with Gasteiger partial charge in [0.1, 0.15) is 0 Å². The van der Waals surface area contributed by atoms with Crippen LogP contribution in [-0.2, 0) is 5.54 Å². The summed E-state index contributed by atoms with van der Waals surface area (Å²) in [6, 6.07) is 17.2. The summed E-state index contributed by atoms with van der Waals surface area (Å²) in [5.41, 5.74) is 3.47. The van der Waals surface area contributed by atoms with E-state index in [0.29, 0.717) is 11.3 Å². The minimum Gasteiger partial charge on any atom is -0.851 e. The van der Waals surface area contributed by atoms with E-state index in [2.05, 4.69) is 10.1 Å². The summed E-state index contributed by atoms with van der Waals surface area (Å²) in [4.78, 5) is 16.8. The van der Waals surface area contributed by atoms with Gasteiger partial charge in [-0.15, -0.1) is 12.2 Å². The van der Waals surface area contributed by atoms with E-state index in [1.807, 2.05) is 82.3 Å². The molecule has 5 rings (SSSR count). The van der Waals surface area contributed by atoms with Crippen molar-refractivity contribution in [2.45, 2.75) is 57.3 Å². The van der Waals surface area contributed by atoms with Crippen molar-refractivity contribution in [2.24, 2.45) is 0 Å². The molecule has 1 saturated carbocycles. The van der Waals surface area contributed by atoms with E-state index in [0.717, 1.165) is 27.7 Å². The number of para-hydroxylation sites is 1. The van der Waals surface area contributed by atoms with E-state index in [9.17, 15) is 15.0 Å². The van der Waals surface area contributed by atoms with Gasteiger partial charge < -0.3 is 15.2 Å². The Balaban J connectivity index is 1.63. The van der Waals surface area contributed by atoms with Crippen LogP contribution in [0.4, 0.5) is 0 Å². The number of aromatic nitrogens is 3. The first-order chi connectivity index (χ1) is 15.2. The zero-order valence-corrected chi connectivity index (χ0v) is 18.7. The molecule has 1 aliphatic rings. The highest BCUT2D eigenvalue weighted by Gasteiger charge is 2.43. The van der Waals surface area contributed by atoms with Crippen LogP contribution in [0.15, 0.2) is 59.4 Å². The van der Waals surface area contributed by atoms with Crippen LogP contribution in [0.5, 0.6) is 0 Å². The summed E-state index contributed by atoms with van der Waals surface area (Å²) in [6.45, 7) is 7.67.